The van der Waals surface area contributed by atoms with Gasteiger partial charge in [-0.1, -0.05) is 97.1 Å². The number of ether oxygens (including phenoxy) is 4. The van der Waals surface area contributed by atoms with E-state index in [1.807, 2.05) is 97.9 Å². The van der Waals surface area contributed by atoms with E-state index in [2.05, 4.69) is 16.0 Å². The third kappa shape index (κ3) is 12.0. The van der Waals surface area contributed by atoms with Crippen molar-refractivity contribution in [1.82, 2.24) is 30.7 Å². The summed E-state index contributed by atoms with van der Waals surface area (Å²) in [6, 6.07) is 26.2. The summed E-state index contributed by atoms with van der Waals surface area (Å²) in [6.45, 7) is 7.06. The lowest BCUT2D eigenvalue weighted by molar-refractivity contribution is -0.202. The van der Waals surface area contributed by atoms with E-state index < -0.39 is 84.2 Å². The van der Waals surface area contributed by atoms with Crippen LogP contribution in [0.1, 0.15) is 84.1 Å². The Kier molecular flexibility index (Phi) is 16.7. The van der Waals surface area contributed by atoms with Crippen molar-refractivity contribution >= 4 is 35.6 Å². The van der Waals surface area contributed by atoms with Gasteiger partial charge in [0.2, 0.25) is 5.91 Å². The number of likely N-dealkylation sites (tertiary alicyclic amines) is 1. The Bertz CT molecular complexity index is 2850. The topological polar surface area (TPSA) is 246 Å². The first-order valence-electron chi connectivity index (χ1n) is 26.3. The van der Waals surface area contributed by atoms with Crippen molar-refractivity contribution in [2.75, 3.05) is 20.1 Å². The number of aliphatic hydroxyl groups is 2. The molecule has 0 bridgehead atoms. The minimum atomic E-state index is -1.75. The molecule has 6 N–H and O–H groups in total. The van der Waals surface area contributed by atoms with Crippen LogP contribution in [-0.2, 0) is 57.5 Å². The predicted octanol–water partition coefficient (Wildman–Crippen LogP) is 4.07. The van der Waals surface area contributed by atoms with E-state index in [0.29, 0.717) is 31.4 Å². The number of phenolic OH excluding ortho intramolecular Hbond substituents is 1. The summed E-state index contributed by atoms with van der Waals surface area (Å²) in [5.74, 6) is -2.75. The number of hydrogen-bond donors (Lipinski definition) is 6. The van der Waals surface area contributed by atoms with Gasteiger partial charge in [0.1, 0.15) is 25.3 Å². The Morgan fingerprint density at radius 2 is 1.45 bits per heavy atom. The molecule has 3 unspecified atom stereocenters. The van der Waals surface area contributed by atoms with Gasteiger partial charge in [0.05, 0.1) is 36.9 Å². The number of aromatic hydroxyl groups is 1. The van der Waals surface area contributed by atoms with Crippen molar-refractivity contribution in [3.05, 3.63) is 148 Å². The number of fused-ring (bicyclic) bond motifs is 1. The highest BCUT2D eigenvalue weighted by molar-refractivity contribution is 5.97. The molecule has 0 aromatic heterocycles. The number of benzene rings is 4. The molecule has 5 aliphatic rings. The summed E-state index contributed by atoms with van der Waals surface area (Å²) in [5.41, 5.74) is 3.86. The first kappa shape index (κ1) is 54.6. The van der Waals surface area contributed by atoms with Crippen molar-refractivity contribution in [1.29, 1.82) is 0 Å². The zero-order chi connectivity index (χ0) is 54.5. The van der Waals surface area contributed by atoms with E-state index in [1.54, 1.807) is 31.7 Å². The van der Waals surface area contributed by atoms with Crippen molar-refractivity contribution in [2.45, 2.75) is 146 Å². The molecule has 19 heteroatoms. The third-order valence-electron chi connectivity index (χ3n) is 15.7. The Hall–Kier alpha value is -7.16. The second-order valence-corrected chi connectivity index (χ2v) is 20.9. The number of phenols is 1. The Morgan fingerprint density at radius 3 is 2.14 bits per heavy atom. The van der Waals surface area contributed by atoms with Crippen LogP contribution in [0.2, 0.25) is 0 Å². The van der Waals surface area contributed by atoms with Crippen LogP contribution in [0, 0.1) is 13.8 Å². The van der Waals surface area contributed by atoms with Crippen LogP contribution in [0.5, 0.6) is 5.75 Å². The van der Waals surface area contributed by atoms with E-state index in [9.17, 15) is 44.1 Å². The molecule has 4 fully saturated rings. The number of nitrogens with zero attached hydrogens (tertiary/aromatic N) is 3. The summed E-state index contributed by atoms with van der Waals surface area (Å²) in [6.07, 6.45) is -1.50. The molecule has 4 saturated heterocycles. The van der Waals surface area contributed by atoms with Gasteiger partial charge in [-0.05, 0) is 99.8 Å². The predicted molar refractivity (Wildman–Crippen MR) is 279 cm³/mol. The minimum Gasteiger partial charge on any atom is -0.508 e. The fraction of sp³-hybridized carbons (Fsp3) is 0.448. The summed E-state index contributed by atoms with van der Waals surface area (Å²) in [7, 11) is 0. The van der Waals surface area contributed by atoms with Crippen LogP contribution < -0.4 is 16.0 Å². The molecule has 19 nitrogen and oxygen atoms in total. The molecule has 4 heterocycles. The van der Waals surface area contributed by atoms with Gasteiger partial charge in [0.15, 0.2) is 24.0 Å². The molecule has 0 saturated carbocycles. The number of aliphatic hydroxyl groups excluding tert-OH is 2. The number of β-lactam (4-membered cyclic amide) rings is 1. The Morgan fingerprint density at radius 1 is 0.805 bits per heavy atom. The quantitative estimate of drug-likeness (QED) is 0.0609. The molecule has 9 rings (SSSR count). The molecule has 0 spiro atoms. The molecule has 4 aliphatic heterocycles. The first-order valence-corrected chi connectivity index (χ1v) is 26.3. The summed E-state index contributed by atoms with van der Waals surface area (Å²) >= 11 is 0. The van der Waals surface area contributed by atoms with Gasteiger partial charge in [0.25, 0.3) is 23.6 Å². The Balaban J connectivity index is 0.788. The number of nitrogens with one attached hydrogen (secondary N) is 3. The molecule has 1 aliphatic carbocycles. The number of rotatable bonds is 18. The van der Waals surface area contributed by atoms with E-state index in [-0.39, 0.29) is 68.5 Å². The van der Waals surface area contributed by atoms with Crippen molar-refractivity contribution < 1.29 is 63.0 Å². The van der Waals surface area contributed by atoms with Crippen molar-refractivity contribution in [3.63, 3.8) is 0 Å². The van der Waals surface area contributed by atoms with E-state index >= 15 is 0 Å². The number of aryl methyl sites for hydroxylation is 1. The molecule has 6 amide bonds. The second kappa shape index (κ2) is 23.6. The lowest BCUT2D eigenvalue weighted by Crippen LogP contribution is -2.74. The smallest absolute Gasteiger partial charge is 0.407 e. The average molecular weight is 1060 g/mol. The highest BCUT2D eigenvalue weighted by Crippen LogP contribution is 2.43. The van der Waals surface area contributed by atoms with Crippen LogP contribution in [0.15, 0.2) is 115 Å². The maximum atomic E-state index is 14.1. The number of amides is 6. The molecule has 77 heavy (non-hydrogen) atoms. The van der Waals surface area contributed by atoms with Crippen LogP contribution in [-0.4, -0.2) is 152 Å². The standard InChI is InChI=1S/C58H68N6O13/c1-34-15-11-12-20-40(34)30-64-56(72)52-58(64,4)76-33-63(52)55(71)51(68)45(26-38-18-9-6-10-19-38)61-57(73)77-42-28-48(74-31-42)39-21-13-22-41(27-39)59-49(66)29-46-36(3)75-32-62(46)54(70)50(67)44(25-37-16-7-5-8-17-37)60-53(69)43-23-14-24-47(65)35(43)2/h5-12,14-20,23-24,27,36,41-42,44-46,48,50-52,65,67-68H,13,21-22,25-26,28-33H2,1-4H3,(H,59,66)(H,60,69)(H,61,73)/t36-,41-,42-,44-,45?,46+,48?,50-,51-,52+,58?/m0/s1. The molecule has 11 atom stereocenters. The fourth-order valence-electron chi connectivity index (χ4n) is 11.2. The average Bonchev–Trinajstić information content (AvgIpc) is 4.21. The van der Waals surface area contributed by atoms with Gasteiger partial charge in [-0.2, -0.15) is 0 Å². The SMILES string of the molecule is Cc1ccccc1CN1C(=O)[C@H]2N(C(=O)[C@@H](O)C(Cc3ccccc3)NC(=O)O[C@@H]3COC(C4=C[C@@H](NC(=O)C[C@@H]5[C@H](C)OCN5C(=O)[C@@H](O)[C@H](Cc5ccccc5)NC(=O)c5cccc(O)c5C)CCC4)C3)COC21C. The fourth-order valence-corrected chi connectivity index (χ4v) is 11.2. The number of carbonyl (C=O) groups is 6. The highest BCUT2D eigenvalue weighted by atomic mass is 16.6. The van der Waals surface area contributed by atoms with Crippen molar-refractivity contribution in [2.24, 2.45) is 0 Å². The van der Waals surface area contributed by atoms with Gasteiger partial charge >= 0.3 is 6.09 Å². The zero-order valence-electron chi connectivity index (χ0n) is 43.7. The lowest BCUT2D eigenvalue weighted by Gasteiger charge is -2.51. The van der Waals surface area contributed by atoms with Crippen LogP contribution in [0.25, 0.3) is 0 Å². The first-order chi connectivity index (χ1) is 37.0. The maximum Gasteiger partial charge on any atom is 0.407 e. The zero-order valence-corrected chi connectivity index (χ0v) is 43.7. The van der Waals surface area contributed by atoms with Gasteiger partial charge in [-0.15, -0.1) is 0 Å². The van der Waals surface area contributed by atoms with Gasteiger partial charge in [-0.3, -0.25) is 28.9 Å². The van der Waals surface area contributed by atoms with Gasteiger partial charge in [0, 0.05) is 36.6 Å². The molecular formula is C58H68N6O13. The molecule has 408 valence electrons. The monoisotopic (exact) mass is 1060 g/mol. The highest BCUT2D eigenvalue weighted by Gasteiger charge is 2.66. The van der Waals surface area contributed by atoms with Crippen LogP contribution in [0.4, 0.5) is 4.79 Å². The van der Waals surface area contributed by atoms with Crippen LogP contribution in [0.3, 0.4) is 0 Å². The molecule has 4 aromatic carbocycles. The summed E-state index contributed by atoms with van der Waals surface area (Å²) in [5, 5.41) is 42.2. The second-order valence-electron chi connectivity index (χ2n) is 20.9. The lowest BCUT2D eigenvalue weighted by atomic mass is 9.89. The molecule has 4 aromatic rings. The van der Waals surface area contributed by atoms with E-state index in [4.69, 9.17) is 18.9 Å². The van der Waals surface area contributed by atoms with Gasteiger partial charge in [-0.25, -0.2) is 4.79 Å². The minimum absolute atomic E-state index is 0.0657. The molecule has 0 radical (unpaired) electrons. The third-order valence-corrected chi connectivity index (χ3v) is 15.7. The Labute approximate surface area is 447 Å². The van der Waals surface area contributed by atoms with Gasteiger partial charge < -0.3 is 60.0 Å². The normalized spacial score (nSPS) is 25.4. The number of carbonyl (C=O) groups excluding carboxylic acids is 6. The van der Waals surface area contributed by atoms with Crippen LogP contribution >= 0.6 is 0 Å². The largest absolute Gasteiger partial charge is 0.508 e. The van der Waals surface area contributed by atoms with E-state index in [0.717, 1.165) is 34.2 Å². The van der Waals surface area contributed by atoms with E-state index in [1.165, 1.54) is 21.9 Å². The number of alkyl carbamates (subject to hydrolysis) is 1. The molecular weight excluding hydrogens is 989 g/mol. The summed E-state index contributed by atoms with van der Waals surface area (Å²) in [4.78, 5) is 86.9. The number of hydrogen-bond acceptors (Lipinski definition) is 13. The van der Waals surface area contributed by atoms with Crippen molar-refractivity contribution in [3.8, 4) is 5.75 Å². The summed E-state index contributed by atoms with van der Waals surface area (Å²) < 4.78 is 23.9. The maximum absolute atomic E-state index is 14.1.